The summed E-state index contributed by atoms with van der Waals surface area (Å²) in [4.78, 5) is 12.1. The second-order valence-corrected chi connectivity index (χ2v) is 6.15. The van der Waals surface area contributed by atoms with E-state index in [2.05, 4.69) is 27.9 Å². The molecule has 2 atom stereocenters. The van der Waals surface area contributed by atoms with Crippen molar-refractivity contribution in [2.45, 2.75) is 31.8 Å². The van der Waals surface area contributed by atoms with Gasteiger partial charge in [-0.15, -0.1) is 0 Å². The Morgan fingerprint density at radius 3 is 2.92 bits per heavy atom. The maximum atomic E-state index is 12.1. The van der Waals surface area contributed by atoms with Gasteiger partial charge < -0.3 is 15.4 Å². The summed E-state index contributed by atoms with van der Waals surface area (Å²) in [5.41, 5.74) is 2.94. The number of urea groups is 1. The molecule has 6 nitrogen and oxygen atoms in total. The Balaban J connectivity index is 1.47. The standard InChI is InChI=1S/C18H24N4O2/c1-3-16-17(11-22(2)21-16)20-18(23)19-10-15-9-14(12-24-15)13-7-5-4-6-8-13/h4-8,11,14-15H,3,9-10,12H2,1-2H3,(H2,19,20,23)/t14-,15-/m0/s1. The SMILES string of the molecule is CCc1nn(C)cc1NC(=O)NC[C@@H]1C[C@H](c2ccccc2)CO1. The molecule has 2 amide bonds. The summed E-state index contributed by atoms with van der Waals surface area (Å²) in [5.74, 6) is 0.408. The molecule has 128 valence electrons. The molecule has 1 fully saturated rings. The normalized spacial score (nSPS) is 20.1. The molecule has 1 aliphatic heterocycles. The lowest BCUT2D eigenvalue weighted by Gasteiger charge is -2.12. The molecule has 24 heavy (non-hydrogen) atoms. The third-order valence-electron chi connectivity index (χ3n) is 4.33. The van der Waals surface area contributed by atoms with Gasteiger partial charge in [-0.3, -0.25) is 4.68 Å². The molecule has 0 spiro atoms. The van der Waals surface area contributed by atoms with Gasteiger partial charge in [0.1, 0.15) is 0 Å². The average Bonchev–Trinajstić information content (AvgIpc) is 3.20. The smallest absolute Gasteiger partial charge is 0.319 e. The average molecular weight is 328 g/mol. The first-order valence-electron chi connectivity index (χ1n) is 8.39. The van der Waals surface area contributed by atoms with Crippen LogP contribution in [0.15, 0.2) is 36.5 Å². The summed E-state index contributed by atoms with van der Waals surface area (Å²) in [6, 6.07) is 10.2. The second kappa shape index (κ2) is 7.49. The summed E-state index contributed by atoms with van der Waals surface area (Å²) in [5, 5.41) is 10.1. The maximum absolute atomic E-state index is 12.1. The number of nitrogens with one attached hydrogen (secondary N) is 2. The molecule has 0 unspecified atom stereocenters. The topological polar surface area (TPSA) is 68.2 Å². The fraction of sp³-hybridized carbons (Fsp3) is 0.444. The number of carbonyl (C=O) groups is 1. The van der Waals surface area contributed by atoms with Crippen LogP contribution in [0.25, 0.3) is 0 Å². The molecule has 2 aromatic rings. The molecule has 1 aliphatic rings. The molecule has 0 saturated carbocycles. The molecule has 1 aromatic carbocycles. The van der Waals surface area contributed by atoms with Crippen molar-refractivity contribution in [3.63, 3.8) is 0 Å². The van der Waals surface area contributed by atoms with Crippen LogP contribution in [0.4, 0.5) is 10.5 Å². The Kier molecular flexibility index (Phi) is 5.15. The van der Waals surface area contributed by atoms with Gasteiger partial charge >= 0.3 is 6.03 Å². The van der Waals surface area contributed by atoms with Crippen molar-refractivity contribution in [1.82, 2.24) is 15.1 Å². The van der Waals surface area contributed by atoms with Crippen molar-refractivity contribution in [2.24, 2.45) is 7.05 Å². The predicted molar refractivity (Wildman–Crippen MR) is 93.1 cm³/mol. The Hall–Kier alpha value is -2.34. The molecule has 0 bridgehead atoms. The highest BCUT2D eigenvalue weighted by atomic mass is 16.5. The molecule has 2 heterocycles. The lowest BCUT2D eigenvalue weighted by atomic mass is 9.96. The van der Waals surface area contributed by atoms with E-state index in [1.807, 2.05) is 38.4 Å². The van der Waals surface area contributed by atoms with Gasteiger partial charge in [-0.25, -0.2) is 4.79 Å². The van der Waals surface area contributed by atoms with Gasteiger partial charge in [0.2, 0.25) is 0 Å². The van der Waals surface area contributed by atoms with E-state index in [-0.39, 0.29) is 12.1 Å². The van der Waals surface area contributed by atoms with Crippen LogP contribution in [-0.4, -0.2) is 35.1 Å². The molecule has 6 heteroatoms. The van der Waals surface area contributed by atoms with Gasteiger partial charge in [-0.1, -0.05) is 37.3 Å². The van der Waals surface area contributed by atoms with E-state index >= 15 is 0 Å². The van der Waals surface area contributed by atoms with Gasteiger partial charge in [-0.2, -0.15) is 5.10 Å². The van der Waals surface area contributed by atoms with Crippen LogP contribution in [0.2, 0.25) is 0 Å². The third kappa shape index (κ3) is 3.94. The predicted octanol–water partition coefficient (Wildman–Crippen LogP) is 2.68. The van der Waals surface area contributed by atoms with Crippen molar-refractivity contribution in [2.75, 3.05) is 18.5 Å². The van der Waals surface area contributed by atoms with Crippen LogP contribution in [-0.2, 0) is 18.2 Å². The van der Waals surface area contributed by atoms with E-state index in [0.29, 0.717) is 19.1 Å². The van der Waals surface area contributed by atoms with Crippen LogP contribution in [0, 0.1) is 0 Å². The van der Waals surface area contributed by atoms with Crippen molar-refractivity contribution in [3.8, 4) is 0 Å². The summed E-state index contributed by atoms with van der Waals surface area (Å²) >= 11 is 0. The van der Waals surface area contributed by atoms with Gasteiger partial charge in [0.15, 0.2) is 0 Å². The zero-order valence-corrected chi connectivity index (χ0v) is 14.2. The number of nitrogens with zero attached hydrogens (tertiary/aromatic N) is 2. The number of rotatable bonds is 5. The number of hydrogen-bond acceptors (Lipinski definition) is 3. The van der Waals surface area contributed by atoms with Crippen LogP contribution in [0.1, 0.15) is 30.5 Å². The van der Waals surface area contributed by atoms with Crippen LogP contribution < -0.4 is 10.6 Å². The van der Waals surface area contributed by atoms with Gasteiger partial charge in [0, 0.05) is 25.7 Å². The van der Waals surface area contributed by atoms with Crippen molar-refractivity contribution < 1.29 is 9.53 Å². The maximum Gasteiger partial charge on any atom is 0.319 e. The minimum absolute atomic E-state index is 0.0560. The fourth-order valence-corrected chi connectivity index (χ4v) is 3.08. The summed E-state index contributed by atoms with van der Waals surface area (Å²) in [6.45, 7) is 3.24. The van der Waals surface area contributed by atoms with Gasteiger partial charge in [0.05, 0.1) is 24.1 Å². The molecular weight excluding hydrogens is 304 g/mol. The van der Waals surface area contributed by atoms with E-state index in [4.69, 9.17) is 4.74 Å². The monoisotopic (exact) mass is 328 g/mol. The quantitative estimate of drug-likeness (QED) is 0.887. The summed E-state index contributed by atoms with van der Waals surface area (Å²) in [7, 11) is 1.85. The van der Waals surface area contributed by atoms with Gasteiger partial charge in [0.25, 0.3) is 0 Å². The first-order chi connectivity index (χ1) is 11.7. The van der Waals surface area contributed by atoms with Crippen LogP contribution >= 0.6 is 0 Å². The molecule has 0 aliphatic carbocycles. The highest BCUT2D eigenvalue weighted by Gasteiger charge is 2.26. The highest BCUT2D eigenvalue weighted by molar-refractivity contribution is 5.89. The first kappa shape index (κ1) is 16.5. The Morgan fingerprint density at radius 1 is 1.38 bits per heavy atom. The lowest BCUT2D eigenvalue weighted by molar-refractivity contribution is 0.110. The lowest BCUT2D eigenvalue weighted by Crippen LogP contribution is -2.35. The van der Waals surface area contributed by atoms with Crippen molar-refractivity contribution in [3.05, 3.63) is 47.8 Å². The number of amides is 2. The van der Waals surface area contributed by atoms with E-state index in [1.165, 1.54) is 5.56 Å². The van der Waals surface area contributed by atoms with Crippen molar-refractivity contribution >= 4 is 11.7 Å². The number of aryl methyl sites for hydroxylation is 2. The van der Waals surface area contributed by atoms with Crippen LogP contribution in [0.5, 0.6) is 0 Å². The first-order valence-corrected chi connectivity index (χ1v) is 8.39. The fourth-order valence-electron chi connectivity index (χ4n) is 3.08. The second-order valence-electron chi connectivity index (χ2n) is 6.15. The van der Waals surface area contributed by atoms with E-state index < -0.39 is 0 Å². The summed E-state index contributed by atoms with van der Waals surface area (Å²) in [6.07, 6.45) is 3.58. The number of carbonyl (C=O) groups excluding carboxylic acids is 1. The minimum atomic E-state index is -0.218. The Morgan fingerprint density at radius 2 is 2.17 bits per heavy atom. The van der Waals surface area contributed by atoms with Crippen molar-refractivity contribution in [1.29, 1.82) is 0 Å². The highest BCUT2D eigenvalue weighted by Crippen LogP contribution is 2.28. The Labute approximate surface area is 142 Å². The number of benzene rings is 1. The number of anilines is 1. The van der Waals surface area contributed by atoms with E-state index in [1.54, 1.807) is 4.68 Å². The van der Waals surface area contributed by atoms with Gasteiger partial charge in [-0.05, 0) is 18.4 Å². The van der Waals surface area contributed by atoms with E-state index in [9.17, 15) is 4.79 Å². The Bertz CT molecular complexity index is 684. The molecule has 1 aromatic heterocycles. The molecule has 1 saturated heterocycles. The summed E-state index contributed by atoms with van der Waals surface area (Å²) < 4.78 is 7.52. The molecular formula is C18H24N4O2. The zero-order valence-electron chi connectivity index (χ0n) is 14.2. The zero-order chi connectivity index (χ0) is 16.9. The largest absolute Gasteiger partial charge is 0.376 e. The van der Waals surface area contributed by atoms with Crippen LogP contribution in [0.3, 0.4) is 0 Å². The molecule has 0 radical (unpaired) electrons. The molecule has 3 rings (SSSR count). The minimum Gasteiger partial charge on any atom is -0.376 e. The third-order valence-corrected chi connectivity index (χ3v) is 4.33. The number of aromatic nitrogens is 2. The molecule has 2 N–H and O–H groups in total. The number of ether oxygens (including phenoxy) is 1. The number of hydrogen-bond donors (Lipinski definition) is 2. The van der Waals surface area contributed by atoms with E-state index in [0.717, 1.165) is 24.2 Å².